The first-order valence-electron chi connectivity index (χ1n) is 10.0. The Labute approximate surface area is 191 Å². The number of aromatic nitrogens is 1. The third-order valence-electron chi connectivity index (χ3n) is 5.17. The molecular formula is C21H24ClN3O6S. The predicted octanol–water partition coefficient (Wildman–Crippen LogP) is 2.21. The van der Waals surface area contributed by atoms with E-state index >= 15 is 0 Å². The summed E-state index contributed by atoms with van der Waals surface area (Å²) in [6.07, 6.45) is 3.34. The molecule has 0 unspecified atom stereocenters. The van der Waals surface area contributed by atoms with Crippen LogP contribution in [0.3, 0.4) is 0 Å². The summed E-state index contributed by atoms with van der Waals surface area (Å²) in [5, 5.41) is 2.11. The fourth-order valence-corrected chi connectivity index (χ4v) is 5.57. The summed E-state index contributed by atoms with van der Waals surface area (Å²) in [6, 6.07) is 6.95. The average Bonchev–Trinajstić information content (AvgIpc) is 3.18. The highest BCUT2D eigenvalue weighted by molar-refractivity contribution is 7.89. The topological polar surface area (TPSA) is 115 Å². The molecule has 3 rings (SSSR count). The Morgan fingerprint density at radius 3 is 2.66 bits per heavy atom. The second kappa shape index (κ2) is 9.85. The van der Waals surface area contributed by atoms with Gasteiger partial charge in [-0.15, -0.1) is 0 Å². The lowest BCUT2D eigenvalue weighted by Gasteiger charge is -2.30. The van der Waals surface area contributed by atoms with E-state index in [-0.39, 0.29) is 27.1 Å². The molecule has 1 aliphatic rings. The van der Waals surface area contributed by atoms with Crippen molar-refractivity contribution in [3.63, 3.8) is 0 Å². The van der Waals surface area contributed by atoms with Gasteiger partial charge >= 0.3 is 5.97 Å². The Morgan fingerprint density at radius 1 is 1.25 bits per heavy atom. The number of halogens is 1. The highest BCUT2D eigenvalue weighted by Gasteiger charge is 2.31. The van der Waals surface area contributed by atoms with Crippen molar-refractivity contribution in [1.29, 1.82) is 0 Å². The molecule has 1 saturated heterocycles. The van der Waals surface area contributed by atoms with E-state index in [1.54, 1.807) is 19.3 Å². The number of aryl methyl sites for hydroxylation is 1. The summed E-state index contributed by atoms with van der Waals surface area (Å²) in [4.78, 5) is 36.2. The van der Waals surface area contributed by atoms with Crippen LogP contribution in [0.25, 0.3) is 0 Å². The van der Waals surface area contributed by atoms with Gasteiger partial charge in [0.25, 0.3) is 11.8 Å². The summed E-state index contributed by atoms with van der Waals surface area (Å²) < 4.78 is 33.9. The summed E-state index contributed by atoms with van der Waals surface area (Å²) in [6.45, 7) is 2.03. The molecule has 1 atom stereocenters. The van der Waals surface area contributed by atoms with Gasteiger partial charge in [-0.3, -0.25) is 14.9 Å². The van der Waals surface area contributed by atoms with E-state index in [0.29, 0.717) is 13.1 Å². The van der Waals surface area contributed by atoms with Crippen molar-refractivity contribution in [1.82, 2.24) is 14.2 Å². The summed E-state index contributed by atoms with van der Waals surface area (Å²) in [5.41, 5.74) is 0.198. The van der Waals surface area contributed by atoms with E-state index in [9.17, 15) is 22.8 Å². The number of nitrogens with zero attached hydrogens (tertiary/aromatic N) is 2. The van der Waals surface area contributed by atoms with Gasteiger partial charge in [-0.1, -0.05) is 18.5 Å². The van der Waals surface area contributed by atoms with Crippen molar-refractivity contribution in [3.8, 4) is 0 Å². The lowest BCUT2D eigenvalue weighted by Crippen LogP contribution is -2.39. The minimum Gasteiger partial charge on any atom is -0.452 e. The molecule has 11 heteroatoms. The maximum Gasteiger partial charge on any atom is 0.338 e. The molecule has 2 heterocycles. The fourth-order valence-electron chi connectivity index (χ4n) is 3.47. The SMILES string of the molecule is C[C@@H]1CCCN(S(=O)(=O)c2cc(C(=O)OCC(=O)NC(=O)c3cccn3C)ccc2Cl)C1. The van der Waals surface area contributed by atoms with Crippen LogP contribution >= 0.6 is 11.6 Å². The van der Waals surface area contributed by atoms with Crippen LogP contribution in [0, 0.1) is 5.92 Å². The molecule has 0 spiro atoms. The minimum absolute atomic E-state index is 0.00863. The number of benzene rings is 1. The first-order valence-corrected chi connectivity index (χ1v) is 11.8. The average molecular weight is 482 g/mol. The second-order valence-electron chi connectivity index (χ2n) is 7.71. The van der Waals surface area contributed by atoms with Gasteiger partial charge in [0.2, 0.25) is 10.0 Å². The molecule has 2 amide bonds. The van der Waals surface area contributed by atoms with Crippen LogP contribution in [-0.4, -0.2) is 54.8 Å². The first kappa shape index (κ1) is 24.0. The Kier molecular flexibility index (Phi) is 7.37. The molecule has 1 fully saturated rings. The Balaban J connectivity index is 1.66. The number of carbonyl (C=O) groups excluding carboxylic acids is 3. The summed E-state index contributed by atoms with van der Waals surface area (Å²) in [7, 11) is -2.24. The molecule has 32 heavy (non-hydrogen) atoms. The smallest absolute Gasteiger partial charge is 0.338 e. The largest absolute Gasteiger partial charge is 0.452 e. The van der Waals surface area contributed by atoms with Crippen molar-refractivity contribution in [2.75, 3.05) is 19.7 Å². The Hall–Kier alpha value is -2.69. The van der Waals surface area contributed by atoms with Crippen molar-refractivity contribution in [3.05, 3.63) is 52.8 Å². The van der Waals surface area contributed by atoms with Crippen molar-refractivity contribution >= 4 is 39.4 Å². The quantitative estimate of drug-likeness (QED) is 0.632. The van der Waals surface area contributed by atoms with Crippen LogP contribution in [0.4, 0.5) is 0 Å². The van der Waals surface area contributed by atoms with Crippen molar-refractivity contribution in [2.24, 2.45) is 13.0 Å². The van der Waals surface area contributed by atoms with Gasteiger partial charge in [0.1, 0.15) is 10.6 Å². The molecule has 0 bridgehead atoms. The monoisotopic (exact) mass is 481 g/mol. The van der Waals surface area contributed by atoms with Crippen LogP contribution in [0.15, 0.2) is 41.4 Å². The molecule has 0 radical (unpaired) electrons. The van der Waals surface area contributed by atoms with Gasteiger partial charge in [0, 0.05) is 26.3 Å². The maximum atomic E-state index is 13.0. The Morgan fingerprint density at radius 2 is 2.00 bits per heavy atom. The normalized spacial score (nSPS) is 17.0. The maximum absolute atomic E-state index is 13.0. The molecule has 172 valence electrons. The van der Waals surface area contributed by atoms with E-state index in [0.717, 1.165) is 18.9 Å². The molecule has 1 aliphatic heterocycles. The summed E-state index contributed by atoms with van der Waals surface area (Å²) in [5.74, 6) is -2.13. The lowest BCUT2D eigenvalue weighted by atomic mass is 10.0. The molecule has 0 saturated carbocycles. The van der Waals surface area contributed by atoms with E-state index in [2.05, 4.69) is 5.32 Å². The summed E-state index contributed by atoms with van der Waals surface area (Å²) >= 11 is 6.13. The number of imide groups is 1. The van der Waals surface area contributed by atoms with Crippen molar-refractivity contribution < 1.29 is 27.5 Å². The lowest BCUT2D eigenvalue weighted by molar-refractivity contribution is -0.123. The minimum atomic E-state index is -3.89. The van der Waals surface area contributed by atoms with Gasteiger partial charge in [-0.05, 0) is 49.1 Å². The number of hydrogen-bond donors (Lipinski definition) is 1. The van der Waals surface area contributed by atoms with Gasteiger partial charge in [-0.25, -0.2) is 13.2 Å². The van der Waals surface area contributed by atoms with Crippen LogP contribution < -0.4 is 5.32 Å². The van der Waals surface area contributed by atoms with Gasteiger partial charge in [0.05, 0.1) is 10.6 Å². The van der Waals surface area contributed by atoms with Crippen LogP contribution in [0.5, 0.6) is 0 Å². The van der Waals surface area contributed by atoms with Gasteiger partial charge in [0.15, 0.2) is 6.61 Å². The zero-order chi connectivity index (χ0) is 23.5. The molecule has 1 N–H and O–H groups in total. The number of hydrogen-bond acceptors (Lipinski definition) is 6. The number of nitrogens with one attached hydrogen (secondary N) is 1. The van der Waals surface area contributed by atoms with E-state index in [4.69, 9.17) is 16.3 Å². The van der Waals surface area contributed by atoms with E-state index < -0.39 is 34.4 Å². The van der Waals surface area contributed by atoms with Gasteiger partial charge < -0.3 is 9.30 Å². The van der Waals surface area contributed by atoms with Crippen LogP contribution in [0.1, 0.15) is 40.6 Å². The highest BCUT2D eigenvalue weighted by Crippen LogP contribution is 2.29. The number of rotatable bonds is 6. The van der Waals surface area contributed by atoms with E-state index in [1.165, 1.54) is 27.1 Å². The van der Waals surface area contributed by atoms with Crippen LogP contribution in [-0.2, 0) is 26.6 Å². The van der Waals surface area contributed by atoms with Gasteiger partial charge in [-0.2, -0.15) is 4.31 Å². The zero-order valence-corrected chi connectivity index (χ0v) is 19.3. The Bertz CT molecular complexity index is 1140. The fraction of sp³-hybridized carbons (Fsp3) is 0.381. The molecule has 2 aromatic rings. The van der Waals surface area contributed by atoms with E-state index in [1.807, 2.05) is 6.92 Å². The number of esters is 1. The third kappa shape index (κ3) is 5.37. The first-order chi connectivity index (χ1) is 15.1. The highest BCUT2D eigenvalue weighted by atomic mass is 35.5. The second-order valence-corrected chi connectivity index (χ2v) is 10.0. The standard InChI is InChI=1S/C21H24ClN3O6S/c1-14-5-3-10-25(12-14)32(29,30)18-11-15(7-8-16(18)22)21(28)31-13-19(26)23-20(27)17-6-4-9-24(17)2/h4,6-9,11,14H,3,5,10,12-13H2,1-2H3,(H,23,26,27)/t14-/m1/s1. The number of piperidine rings is 1. The molecule has 1 aromatic carbocycles. The third-order valence-corrected chi connectivity index (χ3v) is 7.51. The number of ether oxygens (including phenoxy) is 1. The molecule has 1 aromatic heterocycles. The van der Waals surface area contributed by atoms with Crippen LogP contribution in [0.2, 0.25) is 5.02 Å². The molecular weight excluding hydrogens is 458 g/mol. The predicted molar refractivity (Wildman–Crippen MR) is 117 cm³/mol. The zero-order valence-electron chi connectivity index (χ0n) is 17.7. The molecule has 9 nitrogen and oxygen atoms in total. The number of amides is 2. The van der Waals surface area contributed by atoms with Crippen molar-refractivity contribution in [2.45, 2.75) is 24.7 Å². The molecule has 0 aliphatic carbocycles. The number of carbonyl (C=O) groups is 3. The number of sulfonamides is 1.